The van der Waals surface area contributed by atoms with Gasteiger partial charge in [0.15, 0.2) is 5.69 Å². The Morgan fingerprint density at radius 3 is 3.00 bits per heavy atom. The average molecular weight is 217 g/mol. The number of hydrogen-bond donors (Lipinski definition) is 1. The lowest BCUT2D eigenvalue weighted by Crippen LogP contribution is -2.06. The van der Waals surface area contributed by atoms with Crippen LogP contribution in [0.15, 0.2) is 5.38 Å². The number of aromatic nitrogens is 1. The van der Waals surface area contributed by atoms with Gasteiger partial charge in [-0.25, -0.2) is 9.78 Å². The Bertz CT molecular complexity index is 312. The summed E-state index contributed by atoms with van der Waals surface area (Å²) < 4.78 is 9.24. The van der Waals surface area contributed by atoms with Crippen LogP contribution in [0.25, 0.3) is 0 Å². The van der Waals surface area contributed by atoms with Crippen molar-refractivity contribution in [2.45, 2.75) is 6.10 Å². The first-order valence-corrected chi connectivity index (χ1v) is 4.77. The quantitative estimate of drug-likeness (QED) is 0.748. The van der Waals surface area contributed by atoms with Gasteiger partial charge in [0, 0.05) is 12.5 Å². The molecule has 1 heterocycles. The van der Waals surface area contributed by atoms with Crippen molar-refractivity contribution in [2.24, 2.45) is 0 Å². The van der Waals surface area contributed by atoms with E-state index >= 15 is 0 Å². The molecule has 0 saturated heterocycles. The molecule has 1 unspecified atom stereocenters. The van der Waals surface area contributed by atoms with Gasteiger partial charge in [-0.05, 0) is 0 Å². The molecule has 5 nitrogen and oxygen atoms in total. The zero-order valence-electron chi connectivity index (χ0n) is 7.89. The van der Waals surface area contributed by atoms with Gasteiger partial charge < -0.3 is 14.6 Å². The molecule has 1 aromatic heterocycles. The molecule has 0 amide bonds. The molecular formula is C8H11NO4S. The molecule has 1 N–H and O–H groups in total. The number of thiazole rings is 1. The van der Waals surface area contributed by atoms with Crippen LogP contribution >= 0.6 is 11.3 Å². The smallest absolute Gasteiger partial charge is 0.357 e. The first kappa shape index (κ1) is 11.1. The number of carbonyl (C=O) groups is 1. The standard InChI is InChI=1S/C8H11NO4S/c1-12-3-6(10)7-9-5(4-14-7)8(11)13-2/h4,6,10H,3H2,1-2H3. The Morgan fingerprint density at radius 2 is 2.43 bits per heavy atom. The SMILES string of the molecule is COCC(O)c1nc(C(=O)OC)cs1. The largest absolute Gasteiger partial charge is 0.464 e. The van der Waals surface area contributed by atoms with Crippen LogP contribution in [0.3, 0.4) is 0 Å². The number of hydrogen-bond acceptors (Lipinski definition) is 6. The van der Waals surface area contributed by atoms with Crippen molar-refractivity contribution < 1.29 is 19.4 Å². The monoisotopic (exact) mass is 217 g/mol. The highest BCUT2D eigenvalue weighted by Gasteiger charge is 2.15. The molecule has 0 bridgehead atoms. The summed E-state index contributed by atoms with van der Waals surface area (Å²) in [6.07, 6.45) is -0.789. The minimum atomic E-state index is -0.789. The third-order valence-corrected chi connectivity index (χ3v) is 2.47. The van der Waals surface area contributed by atoms with Crippen molar-refractivity contribution >= 4 is 17.3 Å². The first-order valence-electron chi connectivity index (χ1n) is 3.89. The molecule has 1 rings (SSSR count). The van der Waals surface area contributed by atoms with E-state index in [0.717, 1.165) is 0 Å². The first-order chi connectivity index (χ1) is 6.69. The maximum absolute atomic E-state index is 11.0. The van der Waals surface area contributed by atoms with E-state index in [4.69, 9.17) is 4.74 Å². The van der Waals surface area contributed by atoms with Gasteiger partial charge in [0.1, 0.15) is 11.1 Å². The van der Waals surface area contributed by atoms with Gasteiger partial charge in [-0.15, -0.1) is 11.3 Å². The van der Waals surface area contributed by atoms with Crippen LogP contribution in [-0.2, 0) is 9.47 Å². The summed E-state index contributed by atoms with van der Waals surface area (Å²) in [7, 11) is 2.77. The predicted octanol–water partition coefficient (Wildman–Crippen LogP) is 0.610. The van der Waals surface area contributed by atoms with Crippen LogP contribution in [-0.4, -0.2) is 36.9 Å². The summed E-state index contributed by atoms with van der Waals surface area (Å²) in [6, 6.07) is 0. The van der Waals surface area contributed by atoms with Crippen LogP contribution < -0.4 is 0 Å². The second-order valence-electron chi connectivity index (χ2n) is 2.53. The second kappa shape index (κ2) is 5.04. The zero-order chi connectivity index (χ0) is 10.6. The maximum Gasteiger partial charge on any atom is 0.357 e. The van der Waals surface area contributed by atoms with Gasteiger partial charge in [-0.3, -0.25) is 0 Å². The van der Waals surface area contributed by atoms with Crippen molar-refractivity contribution in [2.75, 3.05) is 20.8 Å². The van der Waals surface area contributed by atoms with Crippen molar-refractivity contribution in [3.8, 4) is 0 Å². The molecule has 6 heteroatoms. The van der Waals surface area contributed by atoms with E-state index < -0.39 is 12.1 Å². The van der Waals surface area contributed by atoms with Gasteiger partial charge in [0.25, 0.3) is 0 Å². The topological polar surface area (TPSA) is 68.7 Å². The number of rotatable bonds is 4. The fourth-order valence-corrected chi connectivity index (χ4v) is 1.63. The molecule has 0 aliphatic heterocycles. The normalized spacial score (nSPS) is 12.5. The van der Waals surface area contributed by atoms with Crippen LogP contribution in [0.5, 0.6) is 0 Å². The van der Waals surface area contributed by atoms with E-state index in [1.807, 2.05) is 0 Å². The number of nitrogens with zero attached hydrogens (tertiary/aromatic N) is 1. The van der Waals surface area contributed by atoms with Gasteiger partial charge in [-0.1, -0.05) is 0 Å². The molecule has 1 atom stereocenters. The van der Waals surface area contributed by atoms with E-state index in [0.29, 0.717) is 5.01 Å². The van der Waals surface area contributed by atoms with Crippen LogP contribution in [0, 0.1) is 0 Å². The van der Waals surface area contributed by atoms with Crippen molar-refractivity contribution in [3.05, 3.63) is 16.1 Å². The Hall–Kier alpha value is -0.980. The van der Waals surface area contributed by atoms with E-state index in [9.17, 15) is 9.90 Å². The van der Waals surface area contributed by atoms with Crippen LogP contribution in [0.4, 0.5) is 0 Å². The minimum Gasteiger partial charge on any atom is -0.464 e. The zero-order valence-corrected chi connectivity index (χ0v) is 8.71. The third kappa shape index (κ3) is 2.50. The Labute approximate surface area is 85.3 Å². The minimum absolute atomic E-state index is 0.161. The number of aliphatic hydroxyl groups is 1. The summed E-state index contributed by atoms with van der Waals surface area (Å²) in [5.41, 5.74) is 0.211. The van der Waals surface area contributed by atoms with Gasteiger partial charge in [0.2, 0.25) is 0 Å². The number of carbonyl (C=O) groups excluding carboxylic acids is 1. The van der Waals surface area contributed by atoms with E-state index in [1.165, 1.54) is 25.6 Å². The van der Waals surface area contributed by atoms with E-state index in [1.54, 1.807) is 5.38 Å². The molecule has 0 radical (unpaired) electrons. The molecule has 0 aliphatic rings. The highest BCUT2D eigenvalue weighted by atomic mass is 32.1. The summed E-state index contributed by atoms with van der Waals surface area (Å²) in [5, 5.41) is 11.5. The Kier molecular flexibility index (Phi) is 3.99. The van der Waals surface area contributed by atoms with Gasteiger partial charge in [-0.2, -0.15) is 0 Å². The molecule has 78 valence electrons. The summed E-state index contributed by atoms with van der Waals surface area (Å²) in [4.78, 5) is 14.9. The van der Waals surface area contributed by atoms with Crippen molar-refractivity contribution in [3.63, 3.8) is 0 Å². The van der Waals surface area contributed by atoms with Crippen molar-refractivity contribution in [1.82, 2.24) is 4.98 Å². The molecular weight excluding hydrogens is 206 g/mol. The number of aliphatic hydroxyl groups excluding tert-OH is 1. The summed E-state index contributed by atoms with van der Waals surface area (Å²) in [5.74, 6) is -0.503. The highest BCUT2D eigenvalue weighted by Crippen LogP contribution is 2.18. The Morgan fingerprint density at radius 1 is 1.71 bits per heavy atom. The molecule has 0 saturated carbocycles. The molecule has 0 spiro atoms. The average Bonchev–Trinajstić information content (AvgIpc) is 2.66. The molecule has 0 aromatic carbocycles. The third-order valence-electron chi connectivity index (χ3n) is 1.53. The number of esters is 1. The molecule has 14 heavy (non-hydrogen) atoms. The lowest BCUT2D eigenvalue weighted by molar-refractivity contribution is 0.0583. The fraction of sp³-hybridized carbons (Fsp3) is 0.500. The van der Waals surface area contributed by atoms with Gasteiger partial charge >= 0.3 is 5.97 Å². The van der Waals surface area contributed by atoms with E-state index in [-0.39, 0.29) is 12.3 Å². The second-order valence-corrected chi connectivity index (χ2v) is 3.42. The fourth-order valence-electron chi connectivity index (χ4n) is 0.868. The number of methoxy groups -OCH3 is 2. The lowest BCUT2D eigenvalue weighted by Gasteiger charge is -2.03. The van der Waals surface area contributed by atoms with Crippen LogP contribution in [0.2, 0.25) is 0 Å². The lowest BCUT2D eigenvalue weighted by atomic mass is 10.4. The van der Waals surface area contributed by atoms with E-state index in [2.05, 4.69) is 9.72 Å². The van der Waals surface area contributed by atoms with Gasteiger partial charge in [0.05, 0.1) is 13.7 Å². The predicted molar refractivity (Wildman–Crippen MR) is 50.3 cm³/mol. The maximum atomic E-state index is 11.0. The Balaban J connectivity index is 2.72. The molecule has 0 aliphatic carbocycles. The molecule has 0 fully saturated rings. The van der Waals surface area contributed by atoms with Crippen LogP contribution in [0.1, 0.15) is 21.6 Å². The summed E-state index contributed by atoms with van der Waals surface area (Å²) >= 11 is 1.20. The summed E-state index contributed by atoms with van der Waals surface area (Å²) in [6.45, 7) is 0.161. The number of ether oxygens (including phenoxy) is 2. The van der Waals surface area contributed by atoms with Crippen molar-refractivity contribution in [1.29, 1.82) is 0 Å². The molecule has 1 aromatic rings. The highest BCUT2D eigenvalue weighted by molar-refractivity contribution is 7.09.